The molecule has 0 fully saturated rings. The lowest BCUT2D eigenvalue weighted by atomic mass is 10.2. The molecule has 0 amide bonds. The molecule has 0 unspecified atom stereocenters. The van der Waals surface area contributed by atoms with Crippen molar-refractivity contribution in [3.63, 3.8) is 0 Å². The first-order chi connectivity index (χ1) is 10.9. The van der Waals surface area contributed by atoms with Gasteiger partial charge in [0.1, 0.15) is 0 Å². The molecule has 0 radical (unpaired) electrons. The maximum Gasteiger partial charge on any atom is 0.228 e. The van der Waals surface area contributed by atoms with Crippen LogP contribution >= 0.6 is 11.8 Å². The number of benzene rings is 2. The third-order valence-corrected chi connectivity index (χ3v) is 4.43. The molecule has 22 heavy (non-hydrogen) atoms. The smallest absolute Gasteiger partial charge is 0.228 e. The average Bonchev–Trinajstić information content (AvgIpc) is 2.56. The molecule has 2 aromatic carbocycles. The van der Waals surface area contributed by atoms with Gasteiger partial charge in [0.25, 0.3) is 0 Å². The fourth-order valence-electron chi connectivity index (χ4n) is 2.17. The van der Waals surface area contributed by atoms with Crippen LogP contribution < -0.4 is 0 Å². The van der Waals surface area contributed by atoms with Crippen molar-refractivity contribution in [1.29, 1.82) is 0 Å². The van der Waals surface area contributed by atoms with E-state index in [-0.39, 0.29) is 0 Å². The SMILES string of the molecule is CCCCOC1=Nc2ccccc2S/C1=C\c1ccccc1. The van der Waals surface area contributed by atoms with Gasteiger partial charge in [0, 0.05) is 4.90 Å². The monoisotopic (exact) mass is 309 g/mol. The highest BCUT2D eigenvalue weighted by molar-refractivity contribution is 8.04. The van der Waals surface area contributed by atoms with Gasteiger partial charge in [0.15, 0.2) is 0 Å². The highest BCUT2D eigenvalue weighted by atomic mass is 32.2. The van der Waals surface area contributed by atoms with Crippen LogP contribution in [0.4, 0.5) is 5.69 Å². The van der Waals surface area contributed by atoms with Gasteiger partial charge in [0.05, 0.1) is 17.2 Å². The van der Waals surface area contributed by atoms with Crippen LogP contribution in [0.5, 0.6) is 0 Å². The lowest BCUT2D eigenvalue weighted by molar-refractivity contribution is 0.299. The molecule has 0 aromatic heterocycles. The van der Waals surface area contributed by atoms with E-state index in [9.17, 15) is 0 Å². The van der Waals surface area contributed by atoms with Gasteiger partial charge in [-0.3, -0.25) is 0 Å². The van der Waals surface area contributed by atoms with Crippen LogP contribution in [0.2, 0.25) is 0 Å². The van der Waals surface area contributed by atoms with E-state index in [1.807, 2.05) is 36.4 Å². The second-order valence-corrected chi connectivity index (χ2v) is 6.19. The average molecular weight is 309 g/mol. The summed E-state index contributed by atoms with van der Waals surface area (Å²) in [6.45, 7) is 2.88. The van der Waals surface area contributed by atoms with Crippen molar-refractivity contribution < 1.29 is 4.74 Å². The summed E-state index contributed by atoms with van der Waals surface area (Å²) in [5.74, 6) is 0.737. The zero-order valence-corrected chi connectivity index (χ0v) is 13.5. The number of fused-ring (bicyclic) bond motifs is 1. The van der Waals surface area contributed by atoms with Crippen LogP contribution in [0, 0.1) is 0 Å². The van der Waals surface area contributed by atoms with E-state index in [4.69, 9.17) is 9.73 Å². The molecular weight excluding hydrogens is 290 g/mol. The van der Waals surface area contributed by atoms with Crippen molar-refractivity contribution in [3.8, 4) is 0 Å². The highest BCUT2D eigenvalue weighted by Crippen LogP contribution is 2.40. The maximum absolute atomic E-state index is 5.93. The minimum Gasteiger partial charge on any atom is -0.477 e. The summed E-state index contributed by atoms with van der Waals surface area (Å²) in [5, 5.41) is 0. The van der Waals surface area contributed by atoms with Crippen molar-refractivity contribution in [2.75, 3.05) is 6.61 Å². The van der Waals surface area contributed by atoms with Crippen LogP contribution in [0.1, 0.15) is 25.3 Å². The molecule has 3 rings (SSSR count). The Labute approximate surface area is 135 Å². The number of hydrogen-bond acceptors (Lipinski definition) is 3. The number of aliphatic imine (C=N–C) groups is 1. The van der Waals surface area contributed by atoms with E-state index in [1.54, 1.807) is 11.8 Å². The molecule has 0 aliphatic carbocycles. The quantitative estimate of drug-likeness (QED) is 0.678. The Balaban J connectivity index is 1.92. The maximum atomic E-state index is 5.93. The second-order valence-electron chi connectivity index (χ2n) is 5.11. The van der Waals surface area contributed by atoms with Gasteiger partial charge >= 0.3 is 0 Å². The number of ether oxygens (including phenoxy) is 1. The number of nitrogens with zero attached hydrogens (tertiary/aromatic N) is 1. The molecule has 1 aliphatic heterocycles. The molecule has 0 saturated heterocycles. The second kappa shape index (κ2) is 7.32. The molecule has 1 heterocycles. The predicted octanol–water partition coefficient (Wildman–Crippen LogP) is 5.68. The van der Waals surface area contributed by atoms with Crippen LogP contribution in [-0.4, -0.2) is 12.5 Å². The Morgan fingerprint density at radius 2 is 1.82 bits per heavy atom. The Bertz CT molecular complexity index is 692. The lowest BCUT2D eigenvalue weighted by Gasteiger charge is -2.18. The van der Waals surface area contributed by atoms with Crippen molar-refractivity contribution in [2.45, 2.75) is 24.7 Å². The Hall–Kier alpha value is -2.00. The van der Waals surface area contributed by atoms with Crippen molar-refractivity contribution in [3.05, 3.63) is 65.1 Å². The number of thioether (sulfide) groups is 1. The van der Waals surface area contributed by atoms with E-state index >= 15 is 0 Å². The first-order valence-electron chi connectivity index (χ1n) is 7.62. The Morgan fingerprint density at radius 3 is 2.64 bits per heavy atom. The standard InChI is InChI=1S/C19H19NOS/c1-2-3-13-21-19-18(14-15-9-5-4-6-10-15)22-17-12-8-7-11-16(17)20-19/h4-12,14H,2-3,13H2,1H3/b18-14-. The molecular formula is C19H19NOS. The topological polar surface area (TPSA) is 21.6 Å². The van der Waals surface area contributed by atoms with Gasteiger partial charge in [-0.25, -0.2) is 4.99 Å². The summed E-state index contributed by atoms with van der Waals surface area (Å²) in [7, 11) is 0. The summed E-state index contributed by atoms with van der Waals surface area (Å²) in [4.78, 5) is 6.94. The largest absolute Gasteiger partial charge is 0.477 e. The van der Waals surface area contributed by atoms with Gasteiger partial charge in [-0.2, -0.15) is 0 Å². The van der Waals surface area contributed by atoms with E-state index in [0.717, 1.165) is 34.9 Å². The first-order valence-corrected chi connectivity index (χ1v) is 8.44. The lowest BCUT2D eigenvalue weighted by Crippen LogP contribution is -2.10. The normalized spacial score (nSPS) is 15.3. The zero-order valence-electron chi connectivity index (χ0n) is 12.7. The number of rotatable bonds is 4. The molecule has 0 spiro atoms. The van der Waals surface area contributed by atoms with E-state index < -0.39 is 0 Å². The van der Waals surface area contributed by atoms with Gasteiger partial charge in [0.2, 0.25) is 5.90 Å². The minimum absolute atomic E-state index is 0.712. The molecule has 1 aliphatic rings. The van der Waals surface area contributed by atoms with Crippen LogP contribution in [0.25, 0.3) is 6.08 Å². The van der Waals surface area contributed by atoms with Crippen molar-refractivity contribution in [1.82, 2.24) is 0 Å². The molecule has 2 nitrogen and oxygen atoms in total. The highest BCUT2D eigenvalue weighted by Gasteiger charge is 2.19. The summed E-state index contributed by atoms with van der Waals surface area (Å²) >= 11 is 1.72. The van der Waals surface area contributed by atoms with E-state index in [1.165, 1.54) is 4.90 Å². The number of unbranched alkanes of at least 4 members (excludes halogenated alkanes) is 1. The molecule has 0 N–H and O–H groups in total. The van der Waals surface area contributed by atoms with Crippen LogP contribution in [-0.2, 0) is 4.74 Å². The summed E-state index contributed by atoms with van der Waals surface area (Å²) < 4.78 is 5.93. The minimum atomic E-state index is 0.712. The molecule has 3 heteroatoms. The Kier molecular flexibility index (Phi) is 4.96. The Morgan fingerprint density at radius 1 is 1.05 bits per heavy atom. The van der Waals surface area contributed by atoms with Crippen LogP contribution in [0.15, 0.2) is 69.4 Å². The summed E-state index contributed by atoms with van der Waals surface area (Å²) in [5.41, 5.74) is 2.15. The fourth-order valence-corrected chi connectivity index (χ4v) is 3.16. The molecule has 0 atom stereocenters. The van der Waals surface area contributed by atoms with E-state index in [0.29, 0.717) is 6.61 Å². The van der Waals surface area contributed by atoms with Gasteiger partial charge in [-0.05, 0) is 30.2 Å². The third-order valence-electron chi connectivity index (χ3n) is 3.35. The first kappa shape index (κ1) is 14.9. The molecule has 0 saturated carbocycles. The molecule has 112 valence electrons. The fraction of sp³-hybridized carbons (Fsp3) is 0.211. The third kappa shape index (κ3) is 3.60. The van der Waals surface area contributed by atoms with Crippen molar-refractivity contribution >= 4 is 29.4 Å². The van der Waals surface area contributed by atoms with E-state index in [2.05, 4.69) is 31.2 Å². The number of para-hydroxylation sites is 1. The van der Waals surface area contributed by atoms with Gasteiger partial charge in [-0.15, -0.1) is 0 Å². The molecule has 2 aromatic rings. The molecule has 0 bridgehead atoms. The van der Waals surface area contributed by atoms with Gasteiger partial charge in [-0.1, -0.05) is 67.6 Å². The van der Waals surface area contributed by atoms with Crippen LogP contribution in [0.3, 0.4) is 0 Å². The predicted molar refractivity (Wildman–Crippen MR) is 94.7 cm³/mol. The van der Waals surface area contributed by atoms with Crippen molar-refractivity contribution in [2.24, 2.45) is 4.99 Å². The van der Waals surface area contributed by atoms with Gasteiger partial charge < -0.3 is 4.74 Å². The summed E-state index contributed by atoms with van der Waals surface area (Å²) in [6.07, 6.45) is 4.31. The summed E-state index contributed by atoms with van der Waals surface area (Å²) in [6, 6.07) is 18.5. The number of hydrogen-bond donors (Lipinski definition) is 0. The zero-order chi connectivity index (χ0) is 15.2.